The third kappa shape index (κ3) is 3.21. The van der Waals surface area contributed by atoms with Crippen molar-refractivity contribution in [2.75, 3.05) is 12.0 Å². The Morgan fingerprint density at radius 1 is 1.57 bits per heavy atom. The van der Waals surface area contributed by atoms with E-state index in [1.165, 1.54) is 12.3 Å². The van der Waals surface area contributed by atoms with Crippen LogP contribution < -0.4 is 0 Å². The zero-order chi connectivity index (χ0) is 10.8. The molecule has 6 heteroatoms. The average Bonchev–Trinajstić information content (AvgIpc) is 2.47. The third-order valence-corrected chi connectivity index (χ3v) is 2.64. The third-order valence-electron chi connectivity index (χ3n) is 1.72. The molecule has 1 heterocycles. The molecule has 0 spiro atoms. The van der Waals surface area contributed by atoms with Crippen LogP contribution in [0.4, 0.5) is 0 Å². The van der Waals surface area contributed by atoms with Gasteiger partial charge in [-0.25, -0.2) is 13.2 Å². The van der Waals surface area contributed by atoms with Gasteiger partial charge in [0.1, 0.15) is 9.84 Å². The SMILES string of the molecule is CS(=O)(=O)CCn1ccc(C(=O)O)c1. The van der Waals surface area contributed by atoms with E-state index in [0.29, 0.717) is 0 Å². The Morgan fingerprint density at radius 2 is 2.21 bits per heavy atom. The highest BCUT2D eigenvalue weighted by Crippen LogP contribution is 2.01. The zero-order valence-electron chi connectivity index (χ0n) is 7.67. The van der Waals surface area contributed by atoms with Crippen LogP contribution in [0.15, 0.2) is 18.5 Å². The van der Waals surface area contributed by atoms with Gasteiger partial charge < -0.3 is 9.67 Å². The number of hydrogen-bond acceptors (Lipinski definition) is 3. The summed E-state index contributed by atoms with van der Waals surface area (Å²) in [5.74, 6) is -0.996. The maximum absolute atomic E-state index is 10.8. The fourth-order valence-corrected chi connectivity index (χ4v) is 1.52. The smallest absolute Gasteiger partial charge is 0.337 e. The normalized spacial score (nSPS) is 11.5. The molecule has 1 aromatic heterocycles. The fraction of sp³-hybridized carbons (Fsp3) is 0.375. The van der Waals surface area contributed by atoms with Crippen LogP contribution in [0.5, 0.6) is 0 Å². The first-order valence-corrected chi connectivity index (χ1v) is 6.01. The van der Waals surface area contributed by atoms with E-state index in [4.69, 9.17) is 5.11 Å². The standard InChI is InChI=1S/C8H11NO4S/c1-14(12,13)5-4-9-3-2-7(6-9)8(10)11/h2-3,6H,4-5H2,1H3,(H,10,11). The molecule has 1 N–H and O–H groups in total. The van der Waals surface area contributed by atoms with Gasteiger partial charge in [0.25, 0.3) is 0 Å². The van der Waals surface area contributed by atoms with Crippen LogP contribution in [0, 0.1) is 0 Å². The Morgan fingerprint density at radius 3 is 2.64 bits per heavy atom. The first-order chi connectivity index (χ1) is 6.38. The summed E-state index contributed by atoms with van der Waals surface area (Å²) in [7, 11) is -3.00. The van der Waals surface area contributed by atoms with Gasteiger partial charge in [-0.05, 0) is 6.07 Å². The minimum Gasteiger partial charge on any atom is -0.478 e. The molecule has 0 saturated carbocycles. The summed E-state index contributed by atoms with van der Waals surface area (Å²) in [6, 6.07) is 1.44. The summed E-state index contributed by atoms with van der Waals surface area (Å²) in [5.41, 5.74) is 0.165. The van der Waals surface area contributed by atoms with E-state index >= 15 is 0 Å². The first kappa shape index (κ1) is 10.8. The molecular weight excluding hydrogens is 206 g/mol. The lowest BCUT2D eigenvalue weighted by Gasteiger charge is -1.99. The van der Waals surface area contributed by atoms with E-state index in [0.717, 1.165) is 6.26 Å². The number of aromatic carboxylic acids is 1. The predicted octanol–water partition coefficient (Wildman–Crippen LogP) is 0.231. The van der Waals surface area contributed by atoms with Gasteiger partial charge in [-0.3, -0.25) is 0 Å². The largest absolute Gasteiger partial charge is 0.478 e. The molecule has 1 rings (SSSR count). The molecule has 0 amide bonds. The molecule has 1 aromatic rings. The Kier molecular flexibility index (Phi) is 2.95. The molecule has 0 saturated heterocycles. The van der Waals surface area contributed by atoms with Crippen LogP contribution in [0.2, 0.25) is 0 Å². The van der Waals surface area contributed by atoms with Gasteiger partial charge in [-0.1, -0.05) is 0 Å². The summed E-state index contributed by atoms with van der Waals surface area (Å²) < 4.78 is 23.2. The van der Waals surface area contributed by atoms with Crippen molar-refractivity contribution in [2.24, 2.45) is 0 Å². The van der Waals surface area contributed by atoms with E-state index in [9.17, 15) is 13.2 Å². The highest BCUT2D eigenvalue weighted by atomic mass is 32.2. The molecule has 0 bridgehead atoms. The summed E-state index contributed by atoms with van der Waals surface area (Å²) in [5, 5.41) is 8.59. The Hall–Kier alpha value is -1.30. The minimum atomic E-state index is -3.00. The quantitative estimate of drug-likeness (QED) is 0.783. The van der Waals surface area contributed by atoms with Crippen LogP contribution >= 0.6 is 0 Å². The summed E-state index contributed by atoms with van der Waals surface area (Å²) in [6.07, 6.45) is 4.11. The Balaban J connectivity index is 2.65. The van der Waals surface area contributed by atoms with E-state index in [1.54, 1.807) is 10.8 Å². The highest BCUT2D eigenvalue weighted by Gasteiger charge is 2.06. The maximum atomic E-state index is 10.8. The number of carboxylic acids is 1. The van der Waals surface area contributed by atoms with Crippen molar-refractivity contribution in [2.45, 2.75) is 6.54 Å². The molecule has 0 radical (unpaired) electrons. The molecule has 0 aromatic carbocycles. The summed E-state index contributed by atoms with van der Waals surface area (Å²) in [6.45, 7) is 0.284. The van der Waals surface area contributed by atoms with Crippen molar-refractivity contribution >= 4 is 15.8 Å². The molecule has 78 valence electrons. The van der Waals surface area contributed by atoms with Gasteiger partial charge in [0.05, 0.1) is 11.3 Å². The van der Waals surface area contributed by atoms with Gasteiger partial charge in [-0.15, -0.1) is 0 Å². The lowest BCUT2D eigenvalue weighted by Crippen LogP contribution is -2.09. The average molecular weight is 217 g/mol. The Labute approximate surface area is 81.9 Å². The van der Waals surface area contributed by atoms with E-state index < -0.39 is 15.8 Å². The van der Waals surface area contributed by atoms with Gasteiger partial charge in [0, 0.05) is 25.2 Å². The molecular formula is C8H11NO4S. The number of carbonyl (C=O) groups is 1. The first-order valence-electron chi connectivity index (χ1n) is 3.95. The number of rotatable bonds is 4. The van der Waals surface area contributed by atoms with Crippen LogP contribution in [0.3, 0.4) is 0 Å². The van der Waals surface area contributed by atoms with Crippen LogP contribution in [-0.4, -0.2) is 36.1 Å². The van der Waals surface area contributed by atoms with Gasteiger partial charge in [0.2, 0.25) is 0 Å². The molecule has 0 aliphatic carbocycles. The summed E-state index contributed by atoms with van der Waals surface area (Å²) in [4.78, 5) is 10.5. The number of carboxylic acid groups (broad SMARTS) is 1. The monoisotopic (exact) mass is 217 g/mol. The van der Waals surface area contributed by atoms with Gasteiger partial charge >= 0.3 is 5.97 Å². The number of sulfone groups is 1. The summed E-state index contributed by atoms with van der Waals surface area (Å²) >= 11 is 0. The second-order valence-electron chi connectivity index (χ2n) is 3.07. The molecule has 0 fully saturated rings. The lowest BCUT2D eigenvalue weighted by atomic mass is 10.4. The Bertz CT molecular complexity index is 432. The molecule has 5 nitrogen and oxygen atoms in total. The van der Waals surface area contributed by atoms with Gasteiger partial charge in [-0.2, -0.15) is 0 Å². The number of aromatic nitrogens is 1. The van der Waals surface area contributed by atoms with Crippen molar-refractivity contribution in [1.29, 1.82) is 0 Å². The second kappa shape index (κ2) is 3.83. The second-order valence-corrected chi connectivity index (χ2v) is 5.33. The molecule has 14 heavy (non-hydrogen) atoms. The molecule has 0 atom stereocenters. The topological polar surface area (TPSA) is 76.4 Å². The highest BCUT2D eigenvalue weighted by molar-refractivity contribution is 7.90. The molecule has 0 aliphatic heterocycles. The molecule has 0 unspecified atom stereocenters. The fourth-order valence-electron chi connectivity index (χ4n) is 0.978. The van der Waals surface area contributed by atoms with Gasteiger partial charge in [0.15, 0.2) is 0 Å². The van der Waals surface area contributed by atoms with Crippen molar-refractivity contribution in [3.05, 3.63) is 24.0 Å². The maximum Gasteiger partial charge on any atom is 0.337 e. The van der Waals surface area contributed by atoms with E-state index in [2.05, 4.69) is 0 Å². The minimum absolute atomic E-state index is 0.0146. The number of hydrogen-bond donors (Lipinski definition) is 1. The van der Waals surface area contributed by atoms with Crippen LogP contribution in [0.1, 0.15) is 10.4 Å². The number of aryl methyl sites for hydroxylation is 1. The van der Waals surface area contributed by atoms with Crippen molar-refractivity contribution in [3.8, 4) is 0 Å². The zero-order valence-corrected chi connectivity index (χ0v) is 8.49. The van der Waals surface area contributed by atoms with Crippen molar-refractivity contribution in [3.63, 3.8) is 0 Å². The van der Waals surface area contributed by atoms with Crippen LogP contribution in [0.25, 0.3) is 0 Å². The number of nitrogens with zero attached hydrogens (tertiary/aromatic N) is 1. The van der Waals surface area contributed by atoms with Crippen LogP contribution in [-0.2, 0) is 16.4 Å². The van der Waals surface area contributed by atoms with Crippen molar-refractivity contribution in [1.82, 2.24) is 4.57 Å². The molecule has 0 aliphatic rings. The van der Waals surface area contributed by atoms with E-state index in [1.807, 2.05) is 0 Å². The van der Waals surface area contributed by atoms with E-state index in [-0.39, 0.29) is 17.9 Å². The predicted molar refractivity (Wildman–Crippen MR) is 51.1 cm³/mol. The van der Waals surface area contributed by atoms with Crippen molar-refractivity contribution < 1.29 is 18.3 Å². The lowest BCUT2D eigenvalue weighted by molar-refractivity contribution is 0.0697.